The highest BCUT2D eigenvalue weighted by Gasteiger charge is 2.27. The molecule has 2 aromatic carbocycles. The Morgan fingerprint density at radius 1 is 0.759 bits per heavy atom. The first-order valence-corrected chi connectivity index (χ1v) is 11.4. The van der Waals surface area contributed by atoms with Crippen LogP contribution in [0.25, 0.3) is 0 Å². The molecule has 0 aromatic heterocycles. The van der Waals surface area contributed by atoms with Crippen molar-refractivity contribution >= 4 is 0 Å². The van der Waals surface area contributed by atoms with Crippen LogP contribution in [-0.2, 0) is 6.42 Å². The molecule has 2 aromatic rings. The van der Waals surface area contributed by atoms with Crippen molar-refractivity contribution in [3.05, 3.63) is 82.4 Å². The topological polar surface area (TPSA) is 0 Å². The minimum absolute atomic E-state index is 0.375. The Morgan fingerprint density at radius 3 is 2.07 bits per heavy atom. The first-order chi connectivity index (χ1) is 14.1. The van der Waals surface area contributed by atoms with Crippen LogP contribution >= 0.6 is 0 Å². The van der Waals surface area contributed by atoms with Crippen molar-refractivity contribution in [2.45, 2.75) is 76.5 Å². The molecule has 2 aliphatic carbocycles. The number of benzene rings is 2. The van der Waals surface area contributed by atoms with E-state index in [-0.39, 0.29) is 0 Å². The Balaban J connectivity index is 1.32. The van der Waals surface area contributed by atoms with Crippen molar-refractivity contribution in [2.24, 2.45) is 5.92 Å². The van der Waals surface area contributed by atoms with Crippen molar-refractivity contribution < 1.29 is 8.78 Å². The standard InChI is InChI=1S/C27H32F2/c1-2-3-19-4-6-20(7-5-19)21-8-10-22(11-9-21)23-12-14-24(15-13-23)25-16-17-26(28)27(29)18-25/h4-7,10,16-18,21,23-24H,2-3,8-9,11-15H2,1H3. The first kappa shape index (κ1) is 20.3. The highest BCUT2D eigenvalue weighted by molar-refractivity contribution is 5.28. The molecule has 0 N–H and O–H groups in total. The van der Waals surface area contributed by atoms with Gasteiger partial charge in [0.25, 0.3) is 0 Å². The lowest BCUT2D eigenvalue weighted by molar-refractivity contribution is 0.348. The van der Waals surface area contributed by atoms with Gasteiger partial charge in [-0.15, -0.1) is 0 Å². The van der Waals surface area contributed by atoms with Gasteiger partial charge in [0.05, 0.1) is 0 Å². The summed E-state index contributed by atoms with van der Waals surface area (Å²) < 4.78 is 26.8. The summed E-state index contributed by atoms with van der Waals surface area (Å²) in [5.41, 5.74) is 5.54. The maximum absolute atomic E-state index is 13.6. The van der Waals surface area contributed by atoms with Gasteiger partial charge < -0.3 is 0 Å². The Kier molecular flexibility index (Phi) is 6.47. The minimum atomic E-state index is -0.746. The average molecular weight is 395 g/mol. The van der Waals surface area contributed by atoms with Gasteiger partial charge in [-0.25, -0.2) is 8.78 Å². The van der Waals surface area contributed by atoms with E-state index in [9.17, 15) is 8.78 Å². The molecule has 154 valence electrons. The lowest BCUT2D eigenvalue weighted by Gasteiger charge is -2.33. The summed E-state index contributed by atoms with van der Waals surface area (Å²) >= 11 is 0. The van der Waals surface area contributed by atoms with Crippen LogP contribution in [0, 0.1) is 17.6 Å². The van der Waals surface area contributed by atoms with Crippen LogP contribution in [0.15, 0.2) is 54.1 Å². The molecule has 1 fully saturated rings. The molecule has 0 saturated heterocycles. The predicted molar refractivity (Wildman–Crippen MR) is 116 cm³/mol. The predicted octanol–water partition coefficient (Wildman–Crippen LogP) is 8.09. The number of rotatable bonds is 5. The number of allylic oxidation sites excluding steroid dienone is 2. The van der Waals surface area contributed by atoms with Crippen molar-refractivity contribution in [3.8, 4) is 0 Å². The van der Waals surface area contributed by atoms with Crippen LogP contribution in [0.1, 0.15) is 86.8 Å². The number of halogens is 2. The molecule has 4 rings (SSSR count). The summed E-state index contributed by atoms with van der Waals surface area (Å²) in [5.74, 6) is 0.259. The first-order valence-electron chi connectivity index (χ1n) is 11.4. The van der Waals surface area contributed by atoms with Crippen molar-refractivity contribution in [3.63, 3.8) is 0 Å². The fourth-order valence-electron chi connectivity index (χ4n) is 5.34. The third-order valence-corrected chi connectivity index (χ3v) is 7.10. The molecule has 2 heteroatoms. The summed E-state index contributed by atoms with van der Waals surface area (Å²) in [4.78, 5) is 0. The largest absolute Gasteiger partial charge is 0.204 e. The number of hydrogen-bond acceptors (Lipinski definition) is 0. The van der Waals surface area contributed by atoms with E-state index < -0.39 is 11.6 Å². The third kappa shape index (κ3) is 4.79. The molecule has 0 radical (unpaired) electrons. The Hall–Kier alpha value is -1.96. The smallest absolute Gasteiger partial charge is 0.159 e. The third-order valence-electron chi connectivity index (χ3n) is 7.10. The Labute approximate surface area is 174 Å². The molecular formula is C27H32F2. The summed E-state index contributed by atoms with van der Waals surface area (Å²) in [6.07, 6.45) is 13.0. The zero-order chi connectivity index (χ0) is 20.2. The van der Waals surface area contributed by atoms with E-state index in [0.29, 0.717) is 17.8 Å². The summed E-state index contributed by atoms with van der Waals surface area (Å²) in [5, 5.41) is 0. The van der Waals surface area contributed by atoms with E-state index in [4.69, 9.17) is 0 Å². The second-order valence-electron chi connectivity index (χ2n) is 8.96. The lowest BCUT2D eigenvalue weighted by atomic mass is 9.72. The van der Waals surface area contributed by atoms with E-state index in [0.717, 1.165) is 24.8 Å². The van der Waals surface area contributed by atoms with Gasteiger partial charge >= 0.3 is 0 Å². The SMILES string of the molecule is CCCc1ccc(C2CC=C(C3CCC(c4ccc(F)c(F)c4)CC3)CC2)cc1. The Bertz CT molecular complexity index is 841. The van der Waals surface area contributed by atoms with Gasteiger partial charge in [-0.05, 0) is 97.9 Å². The van der Waals surface area contributed by atoms with E-state index in [1.165, 1.54) is 61.8 Å². The highest BCUT2D eigenvalue weighted by atomic mass is 19.2. The van der Waals surface area contributed by atoms with Gasteiger partial charge in [0, 0.05) is 0 Å². The van der Waals surface area contributed by atoms with Crippen LogP contribution in [0.4, 0.5) is 8.78 Å². The maximum Gasteiger partial charge on any atom is 0.159 e. The van der Waals surface area contributed by atoms with E-state index in [1.807, 2.05) is 0 Å². The second kappa shape index (κ2) is 9.24. The van der Waals surface area contributed by atoms with Crippen LogP contribution in [0.5, 0.6) is 0 Å². The zero-order valence-corrected chi connectivity index (χ0v) is 17.5. The van der Waals surface area contributed by atoms with Gasteiger partial charge in [-0.2, -0.15) is 0 Å². The summed E-state index contributed by atoms with van der Waals surface area (Å²) in [6, 6.07) is 13.7. The van der Waals surface area contributed by atoms with Crippen LogP contribution in [0.3, 0.4) is 0 Å². The average Bonchev–Trinajstić information content (AvgIpc) is 2.77. The van der Waals surface area contributed by atoms with Crippen molar-refractivity contribution in [1.82, 2.24) is 0 Å². The van der Waals surface area contributed by atoms with Crippen LogP contribution in [-0.4, -0.2) is 0 Å². The molecule has 0 nitrogen and oxygen atoms in total. The molecule has 0 spiro atoms. The van der Waals surface area contributed by atoms with Gasteiger partial charge in [0.2, 0.25) is 0 Å². The molecular weight excluding hydrogens is 362 g/mol. The van der Waals surface area contributed by atoms with Gasteiger partial charge in [0.15, 0.2) is 11.6 Å². The zero-order valence-electron chi connectivity index (χ0n) is 17.5. The van der Waals surface area contributed by atoms with Crippen molar-refractivity contribution in [1.29, 1.82) is 0 Å². The summed E-state index contributed by atoms with van der Waals surface area (Å²) in [7, 11) is 0. The molecule has 0 aliphatic heterocycles. The monoisotopic (exact) mass is 394 g/mol. The molecule has 2 aliphatic rings. The van der Waals surface area contributed by atoms with E-state index in [1.54, 1.807) is 11.6 Å². The molecule has 1 atom stereocenters. The molecule has 0 amide bonds. The Morgan fingerprint density at radius 2 is 1.45 bits per heavy atom. The van der Waals surface area contributed by atoms with Gasteiger partial charge in [0.1, 0.15) is 0 Å². The molecule has 29 heavy (non-hydrogen) atoms. The fourth-order valence-corrected chi connectivity index (χ4v) is 5.34. The minimum Gasteiger partial charge on any atom is -0.204 e. The number of hydrogen-bond donors (Lipinski definition) is 0. The van der Waals surface area contributed by atoms with E-state index >= 15 is 0 Å². The van der Waals surface area contributed by atoms with E-state index in [2.05, 4.69) is 37.3 Å². The molecule has 0 bridgehead atoms. The maximum atomic E-state index is 13.6. The van der Waals surface area contributed by atoms with Gasteiger partial charge in [-0.1, -0.05) is 55.3 Å². The van der Waals surface area contributed by atoms with Crippen LogP contribution in [0.2, 0.25) is 0 Å². The normalized spacial score (nSPS) is 24.9. The number of aryl methyl sites for hydroxylation is 1. The van der Waals surface area contributed by atoms with Crippen LogP contribution < -0.4 is 0 Å². The molecule has 1 saturated carbocycles. The molecule has 1 unspecified atom stereocenters. The fraction of sp³-hybridized carbons (Fsp3) is 0.481. The van der Waals surface area contributed by atoms with Crippen molar-refractivity contribution in [2.75, 3.05) is 0 Å². The quantitative estimate of drug-likeness (QED) is 0.450. The van der Waals surface area contributed by atoms with Gasteiger partial charge in [-0.3, -0.25) is 0 Å². The second-order valence-corrected chi connectivity index (χ2v) is 8.96. The molecule has 0 heterocycles. The lowest BCUT2D eigenvalue weighted by Crippen LogP contribution is -2.17. The summed E-state index contributed by atoms with van der Waals surface area (Å²) in [6.45, 7) is 2.23. The highest BCUT2D eigenvalue weighted by Crippen LogP contribution is 2.43.